The summed E-state index contributed by atoms with van der Waals surface area (Å²) in [5, 5.41) is 14.6. The zero-order valence-electron chi connectivity index (χ0n) is 22.8. The molecule has 8 nitrogen and oxygen atoms in total. The van der Waals surface area contributed by atoms with Crippen molar-refractivity contribution in [3.05, 3.63) is 95.6 Å². The molecule has 0 spiro atoms. The highest BCUT2D eigenvalue weighted by Crippen LogP contribution is 2.44. The van der Waals surface area contributed by atoms with Gasteiger partial charge in [0.05, 0.1) is 12.7 Å². The zero-order chi connectivity index (χ0) is 28.5. The first-order valence-electron chi connectivity index (χ1n) is 13.6. The number of hydrogen-bond acceptors (Lipinski definition) is 5. The molecule has 3 aromatic carbocycles. The van der Waals surface area contributed by atoms with Crippen molar-refractivity contribution in [2.75, 3.05) is 13.2 Å². The molecule has 0 radical (unpaired) electrons. The molecule has 3 N–H and O–H groups in total. The topological polar surface area (TPSA) is 114 Å². The lowest BCUT2D eigenvalue weighted by Gasteiger charge is -2.26. The lowest BCUT2D eigenvalue weighted by Crippen LogP contribution is -2.54. The molecule has 0 heterocycles. The summed E-state index contributed by atoms with van der Waals surface area (Å²) in [5.41, 5.74) is 5.37. The third-order valence-electron chi connectivity index (χ3n) is 7.33. The van der Waals surface area contributed by atoms with E-state index in [-0.39, 0.29) is 38.0 Å². The van der Waals surface area contributed by atoms with Crippen molar-refractivity contribution in [3.63, 3.8) is 0 Å². The minimum atomic E-state index is -1.04. The maximum absolute atomic E-state index is 13.2. The molecule has 8 heteroatoms. The number of aliphatic carboxylic acids is 1. The van der Waals surface area contributed by atoms with Gasteiger partial charge in [-0.1, -0.05) is 92.2 Å². The van der Waals surface area contributed by atoms with Gasteiger partial charge in [0.15, 0.2) is 0 Å². The van der Waals surface area contributed by atoms with Crippen LogP contribution in [0.25, 0.3) is 11.1 Å². The zero-order valence-corrected chi connectivity index (χ0v) is 22.8. The third-order valence-corrected chi connectivity index (χ3v) is 7.33. The van der Waals surface area contributed by atoms with Gasteiger partial charge in [0.25, 0.3) is 0 Å². The van der Waals surface area contributed by atoms with Crippen LogP contribution in [-0.4, -0.2) is 48.4 Å². The maximum atomic E-state index is 13.2. The van der Waals surface area contributed by atoms with Crippen molar-refractivity contribution >= 4 is 18.0 Å². The molecule has 1 aliphatic carbocycles. The molecule has 0 saturated carbocycles. The fourth-order valence-corrected chi connectivity index (χ4v) is 5.02. The van der Waals surface area contributed by atoms with Crippen LogP contribution in [0.15, 0.2) is 78.9 Å². The van der Waals surface area contributed by atoms with Crippen molar-refractivity contribution in [3.8, 4) is 11.1 Å². The first kappa shape index (κ1) is 28.8. The quantitative estimate of drug-likeness (QED) is 0.275. The molecular formula is C32H36N2O6. The smallest absolute Gasteiger partial charge is 0.407 e. The van der Waals surface area contributed by atoms with E-state index in [1.54, 1.807) is 6.92 Å². The van der Waals surface area contributed by atoms with E-state index in [9.17, 15) is 14.4 Å². The summed E-state index contributed by atoms with van der Waals surface area (Å²) in [6, 6.07) is 24.6. The summed E-state index contributed by atoms with van der Waals surface area (Å²) in [4.78, 5) is 37.4. The Bertz CT molecular complexity index is 1270. The lowest BCUT2D eigenvalue weighted by molar-refractivity contribution is -0.138. The Balaban J connectivity index is 1.42. The van der Waals surface area contributed by atoms with Crippen LogP contribution in [-0.2, 0) is 25.7 Å². The standard InChI is InChI=1S/C32H36N2O6/c1-3-22(17-29(35)36)18-33-31(37)30(21(2)39-19-23-11-5-4-6-12-23)34-32(38)40-20-28-26-15-9-7-13-24(26)25-14-8-10-16-27(25)28/h4-16,21-22,28,30H,3,17-20H2,1-2H3,(H,33,37)(H,34,38)(H,35,36)/t21-,22?,30+/m0/s1. The van der Waals surface area contributed by atoms with Gasteiger partial charge in [-0.25, -0.2) is 4.79 Å². The van der Waals surface area contributed by atoms with Crippen molar-refractivity contribution < 1.29 is 29.0 Å². The average molecular weight is 545 g/mol. The van der Waals surface area contributed by atoms with Crippen molar-refractivity contribution in [2.45, 2.75) is 51.4 Å². The van der Waals surface area contributed by atoms with Crippen LogP contribution >= 0.6 is 0 Å². The molecule has 0 bridgehead atoms. The number of hydrogen-bond donors (Lipinski definition) is 3. The van der Waals surface area contributed by atoms with E-state index < -0.39 is 30.1 Å². The highest BCUT2D eigenvalue weighted by atomic mass is 16.5. The van der Waals surface area contributed by atoms with Crippen LogP contribution in [0.1, 0.15) is 49.3 Å². The average Bonchev–Trinajstić information content (AvgIpc) is 3.29. The molecule has 0 aromatic heterocycles. The van der Waals surface area contributed by atoms with Gasteiger partial charge >= 0.3 is 12.1 Å². The van der Waals surface area contributed by atoms with E-state index in [0.717, 1.165) is 27.8 Å². The number of amides is 2. The molecule has 3 atom stereocenters. The van der Waals surface area contributed by atoms with Gasteiger partial charge in [-0.2, -0.15) is 0 Å². The summed E-state index contributed by atoms with van der Waals surface area (Å²) in [6.07, 6.45) is -0.867. The normalized spacial score (nSPS) is 14.3. The number of carboxylic acid groups (broad SMARTS) is 1. The van der Waals surface area contributed by atoms with E-state index in [2.05, 4.69) is 22.8 Å². The molecule has 0 fully saturated rings. The molecule has 1 unspecified atom stereocenters. The largest absolute Gasteiger partial charge is 0.481 e. The second kappa shape index (κ2) is 13.8. The predicted octanol–water partition coefficient (Wildman–Crippen LogP) is 5.12. The van der Waals surface area contributed by atoms with Crippen LogP contribution in [0.3, 0.4) is 0 Å². The maximum Gasteiger partial charge on any atom is 0.407 e. The predicted molar refractivity (Wildman–Crippen MR) is 152 cm³/mol. The van der Waals surface area contributed by atoms with Gasteiger partial charge in [0, 0.05) is 18.9 Å². The van der Waals surface area contributed by atoms with Crippen LogP contribution in [0.2, 0.25) is 0 Å². The molecule has 1 aliphatic rings. The number of benzene rings is 3. The van der Waals surface area contributed by atoms with E-state index >= 15 is 0 Å². The first-order chi connectivity index (χ1) is 19.4. The molecule has 4 rings (SSSR count). The summed E-state index contributed by atoms with van der Waals surface area (Å²) < 4.78 is 11.6. The van der Waals surface area contributed by atoms with Crippen molar-refractivity contribution in [1.82, 2.24) is 10.6 Å². The number of carboxylic acids is 1. The Morgan fingerprint density at radius 3 is 2.10 bits per heavy atom. The van der Waals surface area contributed by atoms with Crippen molar-refractivity contribution in [2.24, 2.45) is 5.92 Å². The van der Waals surface area contributed by atoms with Crippen LogP contribution < -0.4 is 10.6 Å². The summed E-state index contributed by atoms with van der Waals surface area (Å²) in [5.74, 6) is -1.72. The molecule has 3 aromatic rings. The lowest BCUT2D eigenvalue weighted by atomic mass is 9.98. The van der Waals surface area contributed by atoms with Gasteiger partial charge in [-0.15, -0.1) is 0 Å². The molecule has 2 amide bonds. The van der Waals surface area contributed by atoms with Crippen LogP contribution in [0.5, 0.6) is 0 Å². The minimum absolute atomic E-state index is 0.0543. The number of ether oxygens (including phenoxy) is 2. The van der Waals surface area contributed by atoms with Gasteiger partial charge in [-0.3, -0.25) is 9.59 Å². The second-order valence-corrected chi connectivity index (χ2v) is 10.1. The number of carbonyl (C=O) groups is 3. The third kappa shape index (κ3) is 7.27. The number of carbonyl (C=O) groups excluding carboxylic acids is 2. The highest BCUT2D eigenvalue weighted by molar-refractivity contribution is 5.86. The van der Waals surface area contributed by atoms with E-state index in [1.165, 1.54) is 0 Å². The SMILES string of the molecule is CCC(CNC(=O)[C@H](NC(=O)OCC1c2ccccc2-c2ccccc21)[C@H](C)OCc1ccccc1)CC(=O)O. The van der Waals surface area contributed by atoms with Gasteiger partial charge in [0.2, 0.25) is 5.91 Å². The van der Waals surface area contributed by atoms with Crippen molar-refractivity contribution in [1.29, 1.82) is 0 Å². The van der Waals surface area contributed by atoms with Crippen LogP contribution in [0, 0.1) is 5.92 Å². The Labute approximate surface area is 234 Å². The molecular weight excluding hydrogens is 508 g/mol. The molecule has 40 heavy (non-hydrogen) atoms. The number of rotatable bonds is 13. The van der Waals surface area contributed by atoms with Gasteiger partial charge < -0.3 is 25.2 Å². The van der Waals surface area contributed by atoms with E-state index in [1.807, 2.05) is 73.7 Å². The van der Waals surface area contributed by atoms with E-state index in [0.29, 0.717) is 6.42 Å². The van der Waals surface area contributed by atoms with Crippen LogP contribution in [0.4, 0.5) is 4.79 Å². The van der Waals surface area contributed by atoms with Gasteiger partial charge in [-0.05, 0) is 40.7 Å². The Morgan fingerprint density at radius 1 is 0.900 bits per heavy atom. The monoisotopic (exact) mass is 544 g/mol. The summed E-state index contributed by atoms with van der Waals surface area (Å²) in [6.45, 7) is 4.14. The minimum Gasteiger partial charge on any atom is -0.481 e. The van der Waals surface area contributed by atoms with Gasteiger partial charge in [0.1, 0.15) is 12.6 Å². The fraction of sp³-hybridized carbons (Fsp3) is 0.344. The van der Waals surface area contributed by atoms with E-state index in [4.69, 9.17) is 14.6 Å². The Morgan fingerprint density at radius 2 is 1.50 bits per heavy atom. The summed E-state index contributed by atoms with van der Waals surface area (Å²) >= 11 is 0. The number of fused-ring (bicyclic) bond motifs is 3. The summed E-state index contributed by atoms with van der Waals surface area (Å²) in [7, 11) is 0. The number of alkyl carbamates (subject to hydrolysis) is 1. The highest BCUT2D eigenvalue weighted by Gasteiger charge is 2.32. The first-order valence-corrected chi connectivity index (χ1v) is 13.6. The fourth-order valence-electron chi connectivity index (χ4n) is 5.02. The Kier molecular flexibility index (Phi) is 9.91. The molecule has 0 aliphatic heterocycles. The molecule has 210 valence electrons. The molecule has 0 saturated heterocycles. The second-order valence-electron chi connectivity index (χ2n) is 10.1. The number of nitrogens with one attached hydrogen (secondary N) is 2. The Hall–Kier alpha value is -4.17.